The molecule has 0 bridgehead atoms. The number of hydrogen-bond donors (Lipinski definition) is 1. The Kier molecular flexibility index (Phi) is 5.11. The Morgan fingerprint density at radius 1 is 1.24 bits per heavy atom. The lowest BCUT2D eigenvalue weighted by molar-refractivity contribution is 0.250. The molecule has 0 atom stereocenters. The van der Waals surface area contributed by atoms with Gasteiger partial charge >= 0.3 is 0 Å². The fourth-order valence-electron chi connectivity index (χ4n) is 1.49. The van der Waals surface area contributed by atoms with Crippen LogP contribution in [0.25, 0.3) is 0 Å². The van der Waals surface area contributed by atoms with Crippen LogP contribution >= 0.6 is 0 Å². The largest absolute Gasteiger partial charge is 0.395 e. The third-order valence-corrected chi connectivity index (χ3v) is 4.73. The Morgan fingerprint density at radius 3 is 2.29 bits per heavy atom. The van der Waals surface area contributed by atoms with Crippen molar-refractivity contribution in [1.82, 2.24) is 4.31 Å². The van der Waals surface area contributed by atoms with E-state index in [1.54, 1.807) is 13.8 Å². The highest BCUT2D eigenvalue weighted by Crippen LogP contribution is 2.13. The lowest BCUT2D eigenvalue weighted by Crippen LogP contribution is -2.37. The van der Waals surface area contributed by atoms with E-state index in [1.807, 2.05) is 30.3 Å². The third-order valence-electron chi connectivity index (χ3n) is 2.51. The molecule has 1 rings (SSSR count). The molecule has 0 saturated carbocycles. The van der Waals surface area contributed by atoms with Crippen LogP contribution in [0.15, 0.2) is 30.3 Å². The molecule has 0 fully saturated rings. The Balaban J connectivity index is 2.88. The fourth-order valence-corrected chi connectivity index (χ4v) is 2.75. The maximum absolute atomic E-state index is 12.0. The van der Waals surface area contributed by atoms with Crippen molar-refractivity contribution in [2.75, 3.05) is 13.2 Å². The van der Waals surface area contributed by atoms with Crippen molar-refractivity contribution in [2.45, 2.75) is 25.6 Å². The van der Waals surface area contributed by atoms with Crippen LogP contribution in [0.1, 0.15) is 19.4 Å². The van der Waals surface area contributed by atoms with E-state index in [0.717, 1.165) is 5.56 Å². The number of benzene rings is 1. The second-order valence-electron chi connectivity index (χ2n) is 4.14. The van der Waals surface area contributed by atoms with Crippen LogP contribution in [0.3, 0.4) is 0 Å². The minimum Gasteiger partial charge on any atom is -0.395 e. The lowest BCUT2D eigenvalue weighted by Gasteiger charge is -2.23. The first-order chi connectivity index (χ1) is 7.98. The molecule has 0 aromatic heterocycles. The Labute approximate surface area is 103 Å². The number of aliphatic hydroxyl groups excluding tert-OH is 1. The monoisotopic (exact) mass is 257 g/mol. The SMILES string of the molecule is CC(C)S(=O)(=O)N(CCO)Cc1ccccc1. The zero-order valence-electron chi connectivity index (χ0n) is 10.2. The van der Waals surface area contributed by atoms with Crippen molar-refractivity contribution in [3.63, 3.8) is 0 Å². The molecule has 17 heavy (non-hydrogen) atoms. The summed E-state index contributed by atoms with van der Waals surface area (Å²) in [6, 6.07) is 9.38. The van der Waals surface area contributed by atoms with Crippen molar-refractivity contribution in [1.29, 1.82) is 0 Å². The third kappa shape index (κ3) is 3.80. The molecule has 0 unspecified atom stereocenters. The molecule has 0 aliphatic carbocycles. The predicted molar refractivity (Wildman–Crippen MR) is 68.0 cm³/mol. The van der Waals surface area contributed by atoms with E-state index >= 15 is 0 Å². The normalized spacial score (nSPS) is 12.3. The van der Waals surface area contributed by atoms with Crippen LogP contribution in [0.5, 0.6) is 0 Å². The van der Waals surface area contributed by atoms with Crippen molar-refractivity contribution in [2.24, 2.45) is 0 Å². The minimum absolute atomic E-state index is 0.134. The summed E-state index contributed by atoms with van der Waals surface area (Å²) in [6.07, 6.45) is 0. The van der Waals surface area contributed by atoms with Gasteiger partial charge in [0.25, 0.3) is 0 Å². The number of aliphatic hydroxyl groups is 1. The van der Waals surface area contributed by atoms with Crippen LogP contribution in [0, 0.1) is 0 Å². The first kappa shape index (κ1) is 14.2. The number of rotatable bonds is 6. The van der Waals surface area contributed by atoms with E-state index in [2.05, 4.69) is 0 Å². The molecule has 0 amide bonds. The van der Waals surface area contributed by atoms with Gasteiger partial charge in [0.05, 0.1) is 11.9 Å². The van der Waals surface area contributed by atoms with Gasteiger partial charge in [-0.25, -0.2) is 8.42 Å². The second kappa shape index (κ2) is 6.14. The van der Waals surface area contributed by atoms with Gasteiger partial charge < -0.3 is 5.11 Å². The fraction of sp³-hybridized carbons (Fsp3) is 0.500. The van der Waals surface area contributed by atoms with E-state index in [9.17, 15) is 8.42 Å². The quantitative estimate of drug-likeness (QED) is 0.833. The van der Waals surface area contributed by atoms with Gasteiger partial charge in [0.2, 0.25) is 10.0 Å². The molecule has 1 aromatic carbocycles. The van der Waals surface area contributed by atoms with E-state index in [0.29, 0.717) is 6.54 Å². The average Bonchev–Trinajstić information content (AvgIpc) is 2.29. The molecule has 1 aromatic rings. The van der Waals surface area contributed by atoms with Crippen molar-refractivity contribution < 1.29 is 13.5 Å². The summed E-state index contributed by atoms with van der Waals surface area (Å²) in [5, 5.41) is 8.48. The zero-order chi connectivity index (χ0) is 12.9. The molecule has 0 aliphatic rings. The first-order valence-corrected chi connectivity index (χ1v) is 7.12. The highest BCUT2D eigenvalue weighted by molar-refractivity contribution is 7.89. The smallest absolute Gasteiger partial charge is 0.216 e. The van der Waals surface area contributed by atoms with Crippen LogP contribution in [0.2, 0.25) is 0 Å². The summed E-state index contributed by atoms with van der Waals surface area (Å²) in [4.78, 5) is 0. The number of sulfonamides is 1. The standard InChI is InChI=1S/C12H19NO3S/c1-11(2)17(15,16)13(8-9-14)10-12-6-4-3-5-7-12/h3-7,11,14H,8-10H2,1-2H3. The molecule has 0 spiro atoms. The van der Waals surface area contributed by atoms with Gasteiger partial charge in [-0.3, -0.25) is 0 Å². The molecule has 0 aliphatic heterocycles. The Morgan fingerprint density at radius 2 is 1.82 bits per heavy atom. The zero-order valence-corrected chi connectivity index (χ0v) is 11.0. The molecule has 0 radical (unpaired) electrons. The Hall–Kier alpha value is -0.910. The molecule has 0 heterocycles. The number of hydrogen-bond acceptors (Lipinski definition) is 3. The van der Waals surface area contributed by atoms with Crippen molar-refractivity contribution in [3.8, 4) is 0 Å². The van der Waals surface area contributed by atoms with Gasteiger partial charge in [0.1, 0.15) is 0 Å². The van der Waals surface area contributed by atoms with Gasteiger partial charge in [-0.15, -0.1) is 0 Å². The highest BCUT2D eigenvalue weighted by Gasteiger charge is 2.25. The first-order valence-electron chi connectivity index (χ1n) is 5.62. The molecule has 1 N–H and O–H groups in total. The predicted octanol–water partition coefficient (Wildman–Crippen LogP) is 1.22. The van der Waals surface area contributed by atoms with Gasteiger partial charge in [-0.05, 0) is 19.4 Å². The van der Waals surface area contributed by atoms with Crippen LogP contribution < -0.4 is 0 Å². The summed E-state index contributed by atoms with van der Waals surface area (Å²) < 4.78 is 25.4. The van der Waals surface area contributed by atoms with Gasteiger partial charge in [0.15, 0.2) is 0 Å². The lowest BCUT2D eigenvalue weighted by atomic mass is 10.2. The summed E-state index contributed by atoms with van der Waals surface area (Å²) >= 11 is 0. The number of nitrogens with zero attached hydrogens (tertiary/aromatic N) is 1. The second-order valence-corrected chi connectivity index (χ2v) is 6.63. The van der Waals surface area contributed by atoms with Crippen LogP contribution in [-0.2, 0) is 16.6 Å². The summed E-state index contributed by atoms with van der Waals surface area (Å²) in [5.74, 6) is 0. The maximum Gasteiger partial charge on any atom is 0.216 e. The topological polar surface area (TPSA) is 57.6 Å². The van der Waals surface area contributed by atoms with Crippen LogP contribution in [-0.4, -0.2) is 36.2 Å². The molecule has 5 heteroatoms. The van der Waals surface area contributed by atoms with Gasteiger partial charge in [0, 0.05) is 13.1 Å². The van der Waals surface area contributed by atoms with E-state index < -0.39 is 15.3 Å². The van der Waals surface area contributed by atoms with E-state index in [4.69, 9.17) is 5.11 Å². The van der Waals surface area contributed by atoms with E-state index in [-0.39, 0.29) is 13.2 Å². The van der Waals surface area contributed by atoms with Gasteiger partial charge in [-0.1, -0.05) is 30.3 Å². The maximum atomic E-state index is 12.0. The van der Waals surface area contributed by atoms with Crippen LogP contribution in [0.4, 0.5) is 0 Å². The molecule has 0 saturated heterocycles. The minimum atomic E-state index is -3.33. The summed E-state index contributed by atoms with van der Waals surface area (Å²) in [5.41, 5.74) is 0.921. The van der Waals surface area contributed by atoms with Crippen molar-refractivity contribution >= 4 is 10.0 Å². The van der Waals surface area contributed by atoms with E-state index in [1.165, 1.54) is 4.31 Å². The summed E-state index contributed by atoms with van der Waals surface area (Å²) in [7, 11) is -3.33. The Bertz CT molecular complexity index is 428. The molecule has 96 valence electrons. The molecular weight excluding hydrogens is 238 g/mol. The molecular formula is C12H19NO3S. The van der Waals surface area contributed by atoms with Crippen molar-refractivity contribution in [3.05, 3.63) is 35.9 Å². The van der Waals surface area contributed by atoms with Gasteiger partial charge in [-0.2, -0.15) is 4.31 Å². The molecule has 4 nitrogen and oxygen atoms in total. The highest BCUT2D eigenvalue weighted by atomic mass is 32.2. The average molecular weight is 257 g/mol. The summed E-state index contributed by atoms with van der Waals surface area (Å²) in [6.45, 7) is 3.56.